The summed E-state index contributed by atoms with van der Waals surface area (Å²) in [6.45, 7) is 0. The van der Waals surface area contributed by atoms with Gasteiger partial charge in [0.25, 0.3) is 11.5 Å². The number of carbonyl (C=O) groups is 1. The van der Waals surface area contributed by atoms with Crippen LogP contribution < -0.4 is 10.9 Å². The van der Waals surface area contributed by atoms with Crippen molar-refractivity contribution in [3.05, 3.63) is 82.5 Å². The highest BCUT2D eigenvalue weighted by Crippen LogP contribution is 2.34. The number of fused-ring (bicyclic) bond motifs is 1. The van der Waals surface area contributed by atoms with Crippen LogP contribution in [0.2, 0.25) is 0 Å². The monoisotopic (exact) mass is 413 g/mol. The highest BCUT2D eigenvalue weighted by molar-refractivity contribution is 5.94. The summed E-state index contributed by atoms with van der Waals surface area (Å²) in [4.78, 5) is 24.7. The Morgan fingerprint density at radius 1 is 0.935 bits per heavy atom. The number of H-pyrrole nitrogens is 2. The summed E-state index contributed by atoms with van der Waals surface area (Å²) in [5.41, 5.74) is 3.47. The Hall–Kier alpha value is -3.74. The van der Waals surface area contributed by atoms with E-state index in [1.54, 1.807) is 6.20 Å². The highest BCUT2D eigenvalue weighted by Gasteiger charge is 2.26. The fourth-order valence-electron chi connectivity index (χ4n) is 4.45. The molecule has 1 aliphatic carbocycles. The lowest BCUT2D eigenvalue weighted by molar-refractivity contribution is 0.0925. The molecular weight excluding hydrogens is 390 g/mol. The Balaban J connectivity index is 1.23. The van der Waals surface area contributed by atoms with Crippen LogP contribution in [0.1, 0.15) is 47.7 Å². The van der Waals surface area contributed by atoms with Crippen LogP contribution in [0, 0.1) is 0 Å². The second-order valence-electron chi connectivity index (χ2n) is 8.07. The van der Waals surface area contributed by atoms with Crippen molar-refractivity contribution in [3.63, 3.8) is 0 Å². The number of nitrogens with one attached hydrogen (secondary N) is 3. The van der Waals surface area contributed by atoms with Gasteiger partial charge in [-0.2, -0.15) is 10.2 Å². The molecule has 1 amide bonds. The number of hydrogen-bond acceptors (Lipinski definition) is 4. The van der Waals surface area contributed by atoms with Crippen molar-refractivity contribution in [2.24, 2.45) is 0 Å². The fourth-order valence-corrected chi connectivity index (χ4v) is 4.45. The molecule has 1 aliphatic rings. The molecular formula is C24H23N5O2. The van der Waals surface area contributed by atoms with Gasteiger partial charge in [0.1, 0.15) is 0 Å². The molecule has 2 aromatic carbocycles. The van der Waals surface area contributed by atoms with Crippen LogP contribution in [-0.4, -0.2) is 32.3 Å². The SMILES string of the molecule is O=C(NC1CCC(c2n[nH]c(=O)c3ccccc23)CC1)c1ccc(-c2cn[nH]c2)cc1. The zero-order valence-corrected chi connectivity index (χ0v) is 17.0. The van der Waals surface area contributed by atoms with Crippen molar-refractivity contribution < 1.29 is 4.79 Å². The minimum atomic E-state index is -0.154. The zero-order chi connectivity index (χ0) is 21.2. The number of aromatic nitrogens is 4. The molecule has 4 aromatic rings. The summed E-state index contributed by atoms with van der Waals surface area (Å²) in [6, 6.07) is 15.3. The number of amides is 1. The molecule has 0 atom stereocenters. The maximum Gasteiger partial charge on any atom is 0.272 e. The van der Waals surface area contributed by atoms with Crippen LogP contribution in [0.3, 0.4) is 0 Å². The molecule has 0 bridgehead atoms. The Morgan fingerprint density at radius 2 is 1.68 bits per heavy atom. The van der Waals surface area contributed by atoms with Crippen molar-refractivity contribution in [2.45, 2.75) is 37.6 Å². The molecule has 7 nitrogen and oxygen atoms in total. The van der Waals surface area contributed by atoms with E-state index < -0.39 is 0 Å². The average Bonchev–Trinajstić information content (AvgIpc) is 3.35. The van der Waals surface area contributed by atoms with E-state index in [0.717, 1.165) is 47.9 Å². The third kappa shape index (κ3) is 3.86. The summed E-state index contributed by atoms with van der Waals surface area (Å²) >= 11 is 0. The maximum atomic E-state index is 12.7. The molecule has 0 spiro atoms. The minimum Gasteiger partial charge on any atom is -0.349 e. The molecule has 0 saturated heterocycles. The predicted octanol–water partition coefficient (Wildman–Crippen LogP) is 3.77. The first-order valence-electron chi connectivity index (χ1n) is 10.6. The third-order valence-corrected chi connectivity index (χ3v) is 6.15. The molecule has 156 valence electrons. The van der Waals surface area contributed by atoms with Gasteiger partial charge in [-0.1, -0.05) is 30.3 Å². The lowest BCUT2D eigenvalue weighted by Crippen LogP contribution is -2.37. The number of nitrogens with zero attached hydrogens (tertiary/aromatic N) is 2. The van der Waals surface area contributed by atoms with Crippen LogP contribution >= 0.6 is 0 Å². The second kappa shape index (κ2) is 8.18. The lowest BCUT2D eigenvalue weighted by Gasteiger charge is -2.29. The average molecular weight is 413 g/mol. The Kier molecular flexibility index (Phi) is 5.08. The standard InChI is InChI=1S/C24H23N5O2/c30-23(17-7-5-15(6-8-17)18-13-25-26-14-18)27-19-11-9-16(10-12-19)22-20-3-1-2-4-21(20)24(31)29-28-22/h1-8,13-14,16,19H,9-12H2,(H,25,26)(H,27,30)(H,29,31). The van der Waals surface area contributed by atoms with Crippen molar-refractivity contribution in [2.75, 3.05) is 0 Å². The van der Waals surface area contributed by atoms with Gasteiger partial charge >= 0.3 is 0 Å². The van der Waals surface area contributed by atoms with E-state index in [4.69, 9.17) is 0 Å². The van der Waals surface area contributed by atoms with E-state index in [-0.39, 0.29) is 23.4 Å². The smallest absolute Gasteiger partial charge is 0.272 e. The van der Waals surface area contributed by atoms with Gasteiger partial charge in [-0.05, 0) is 49.4 Å². The molecule has 2 aromatic heterocycles. The fraction of sp³-hybridized carbons (Fsp3) is 0.250. The predicted molar refractivity (Wildman–Crippen MR) is 119 cm³/mol. The van der Waals surface area contributed by atoms with Gasteiger partial charge in [0.2, 0.25) is 0 Å². The van der Waals surface area contributed by atoms with E-state index in [0.29, 0.717) is 10.9 Å². The van der Waals surface area contributed by atoms with E-state index in [1.807, 2.05) is 54.7 Å². The van der Waals surface area contributed by atoms with Crippen molar-refractivity contribution in [1.82, 2.24) is 25.7 Å². The van der Waals surface area contributed by atoms with Gasteiger partial charge in [-0.25, -0.2) is 5.10 Å². The second-order valence-corrected chi connectivity index (χ2v) is 8.07. The molecule has 0 radical (unpaired) electrons. The minimum absolute atomic E-state index is 0.0465. The molecule has 1 saturated carbocycles. The summed E-state index contributed by atoms with van der Waals surface area (Å²) in [6.07, 6.45) is 7.21. The number of aromatic amines is 2. The first-order chi connectivity index (χ1) is 15.2. The molecule has 1 fully saturated rings. The number of hydrogen-bond donors (Lipinski definition) is 3. The molecule has 0 aliphatic heterocycles. The van der Waals surface area contributed by atoms with Crippen LogP contribution in [0.4, 0.5) is 0 Å². The number of rotatable bonds is 4. The van der Waals surface area contributed by atoms with Gasteiger partial charge < -0.3 is 5.32 Å². The van der Waals surface area contributed by atoms with Gasteiger partial charge in [0, 0.05) is 34.7 Å². The van der Waals surface area contributed by atoms with Crippen LogP contribution in [-0.2, 0) is 0 Å². The quantitative estimate of drug-likeness (QED) is 0.474. The van der Waals surface area contributed by atoms with Crippen molar-refractivity contribution >= 4 is 16.7 Å². The molecule has 31 heavy (non-hydrogen) atoms. The van der Waals surface area contributed by atoms with Gasteiger partial charge in [0.05, 0.1) is 17.3 Å². The van der Waals surface area contributed by atoms with E-state index in [2.05, 4.69) is 25.7 Å². The molecule has 7 heteroatoms. The van der Waals surface area contributed by atoms with E-state index in [1.165, 1.54) is 0 Å². The molecule has 0 unspecified atom stereocenters. The summed E-state index contributed by atoms with van der Waals surface area (Å²) in [7, 11) is 0. The van der Waals surface area contributed by atoms with Crippen LogP contribution in [0.5, 0.6) is 0 Å². The van der Waals surface area contributed by atoms with E-state index >= 15 is 0 Å². The first kappa shape index (κ1) is 19.2. The van der Waals surface area contributed by atoms with Crippen molar-refractivity contribution in [3.8, 4) is 11.1 Å². The zero-order valence-electron chi connectivity index (χ0n) is 17.0. The van der Waals surface area contributed by atoms with Gasteiger partial charge in [-0.3, -0.25) is 14.7 Å². The lowest BCUT2D eigenvalue weighted by atomic mass is 9.82. The highest BCUT2D eigenvalue weighted by atomic mass is 16.1. The largest absolute Gasteiger partial charge is 0.349 e. The first-order valence-corrected chi connectivity index (χ1v) is 10.6. The normalized spacial score (nSPS) is 18.7. The number of benzene rings is 2. The van der Waals surface area contributed by atoms with E-state index in [9.17, 15) is 9.59 Å². The van der Waals surface area contributed by atoms with Crippen LogP contribution in [0.15, 0.2) is 65.7 Å². The summed E-state index contributed by atoms with van der Waals surface area (Å²) in [5.74, 6) is 0.235. The molecule has 3 N–H and O–H groups in total. The Morgan fingerprint density at radius 3 is 2.39 bits per heavy atom. The third-order valence-electron chi connectivity index (χ3n) is 6.15. The maximum absolute atomic E-state index is 12.7. The topological polar surface area (TPSA) is 104 Å². The van der Waals surface area contributed by atoms with Crippen molar-refractivity contribution in [1.29, 1.82) is 0 Å². The molecule has 5 rings (SSSR count). The molecule has 2 heterocycles. The Bertz CT molecular complexity index is 1250. The van der Waals surface area contributed by atoms with Crippen LogP contribution in [0.25, 0.3) is 21.9 Å². The van der Waals surface area contributed by atoms with Gasteiger partial charge in [-0.15, -0.1) is 0 Å². The Labute approximate surface area is 178 Å². The summed E-state index contributed by atoms with van der Waals surface area (Å²) in [5, 5.41) is 18.5. The van der Waals surface area contributed by atoms with Gasteiger partial charge in [0.15, 0.2) is 0 Å². The summed E-state index contributed by atoms with van der Waals surface area (Å²) < 4.78 is 0. The number of carbonyl (C=O) groups excluding carboxylic acids is 1.